The third-order valence-electron chi connectivity index (χ3n) is 3.28. The standard InChI is InChI=1S/C17H30O7P2/c1-5-8-17(12-7-11-16(4)10-6-9-15(2)3)13-14-23-26(21,22)24-25(18,19)20/h5,9,11,13H,1,6-8,10,12,14H2,2-4H3,(H,21,22)(H2,18,19,20)/b16-11+,17-13+. The summed E-state index contributed by atoms with van der Waals surface area (Å²) in [5.74, 6) is 0. The Bertz CT molecular complexity index is 625. The van der Waals surface area contributed by atoms with Gasteiger partial charge in [0.15, 0.2) is 0 Å². The Labute approximate surface area is 156 Å². The molecule has 0 aliphatic heterocycles. The van der Waals surface area contributed by atoms with Crippen LogP contribution in [0.15, 0.2) is 47.6 Å². The largest absolute Gasteiger partial charge is 0.481 e. The molecule has 0 aromatic rings. The molecular formula is C17H30O7P2. The van der Waals surface area contributed by atoms with Gasteiger partial charge in [0.1, 0.15) is 0 Å². The van der Waals surface area contributed by atoms with Crippen LogP contribution in [0.4, 0.5) is 0 Å². The van der Waals surface area contributed by atoms with Gasteiger partial charge in [-0.2, -0.15) is 4.31 Å². The molecule has 0 aliphatic carbocycles. The van der Waals surface area contributed by atoms with E-state index >= 15 is 0 Å². The number of phosphoric acid groups is 2. The fourth-order valence-corrected chi connectivity index (χ4v) is 3.60. The molecule has 0 saturated carbocycles. The number of allylic oxidation sites excluding steroid dienone is 6. The van der Waals surface area contributed by atoms with E-state index in [0.29, 0.717) is 6.42 Å². The van der Waals surface area contributed by atoms with Crippen LogP contribution in [-0.4, -0.2) is 21.3 Å². The quantitative estimate of drug-likeness (QED) is 0.284. The first kappa shape index (κ1) is 25.2. The predicted octanol–water partition coefficient (Wildman–Crippen LogP) is 5.19. The minimum atomic E-state index is -5.10. The highest BCUT2D eigenvalue weighted by atomic mass is 31.3. The van der Waals surface area contributed by atoms with Gasteiger partial charge in [0.05, 0.1) is 6.61 Å². The van der Waals surface area contributed by atoms with Crippen molar-refractivity contribution in [1.82, 2.24) is 0 Å². The summed E-state index contributed by atoms with van der Waals surface area (Å²) >= 11 is 0. The monoisotopic (exact) mass is 408 g/mol. The normalized spacial score (nSPS) is 15.5. The highest BCUT2D eigenvalue weighted by molar-refractivity contribution is 7.60. The van der Waals surface area contributed by atoms with Crippen molar-refractivity contribution in [3.05, 3.63) is 47.6 Å². The van der Waals surface area contributed by atoms with Gasteiger partial charge >= 0.3 is 15.6 Å². The second-order valence-electron chi connectivity index (χ2n) is 6.10. The van der Waals surface area contributed by atoms with Gasteiger partial charge in [-0.05, 0) is 52.9 Å². The molecule has 7 nitrogen and oxygen atoms in total. The first-order chi connectivity index (χ1) is 11.9. The number of hydrogen-bond acceptors (Lipinski definition) is 4. The molecule has 150 valence electrons. The van der Waals surface area contributed by atoms with Crippen LogP contribution in [0.25, 0.3) is 0 Å². The molecule has 0 radical (unpaired) electrons. The van der Waals surface area contributed by atoms with Crippen LogP contribution in [0.1, 0.15) is 52.9 Å². The lowest BCUT2D eigenvalue weighted by molar-refractivity contribution is 0.191. The van der Waals surface area contributed by atoms with Crippen LogP contribution < -0.4 is 0 Å². The van der Waals surface area contributed by atoms with Crippen molar-refractivity contribution in [3.63, 3.8) is 0 Å². The van der Waals surface area contributed by atoms with E-state index in [9.17, 15) is 14.0 Å². The minimum Gasteiger partial charge on any atom is -0.302 e. The molecule has 0 aliphatic rings. The Morgan fingerprint density at radius 1 is 1.00 bits per heavy atom. The van der Waals surface area contributed by atoms with E-state index in [2.05, 4.69) is 48.3 Å². The van der Waals surface area contributed by atoms with E-state index in [1.807, 2.05) is 0 Å². The summed E-state index contributed by atoms with van der Waals surface area (Å²) in [5.41, 5.74) is 3.55. The van der Waals surface area contributed by atoms with Crippen LogP contribution in [0.3, 0.4) is 0 Å². The topological polar surface area (TPSA) is 113 Å². The van der Waals surface area contributed by atoms with Crippen molar-refractivity contribution in [3.8, 4) is 0 Å². The lowest BCUT2D eigenvalue weighted by atomic mass is 10.0. The minimum absolute atomic E-state index is 0.291. The fraction of sp³-hybridized carbons (Fsp3) is 0.529. The Kier molecular flexibility index (Phi) is 12.2. The van der Waals surface area contributed by atoms with E-state index in [0.717, 1.165) is 31.3 Å². The first-order valence-corrected chi connectivity index (χ1v) is 11.3. The molecule has 26 heavy (non-hydrogen) atoms. The zero-order valence-corrected chi connectivity index (χ0v) is 17.4. The molecule has 0 aromatic heterocycles. The zero-order valence-electron chi connectivity index (χ0n) is 15.6. The van der Waals surface area contributed by atoms with Crippen LogP contribution in [-0.2, 0) is 18.0 Å². The molecule has 0 bridgehead atoms. The van der Waals surface area contributed by atoms with Crippen LogP contribution >= 0.6 is 15.6 Å². The van der Waals surface area contributed by atoms with Crippen LogP contribution in [0.2, 0.25) is 0 Å². The molecule has 0 spiro atoms. The summed E-state index contributed by atoms with van der Waals surface area (Å²) in [4.78, 5) is 26.3. The molecule has 0 amide bonds. The Balaban J connectivity index is 4.53. The fourth-order valence-electron chi connectivity index (χ4n) is 2.07. The average Bonchev–Trinajstić information content (AvgIpc) is 2.44. The summed E-state index contributed by atoms with van der Waals surface area (Å²) in [7, 11) is -9.90. The molecular weight excluding hydrogens is 378 g/mol. The number of rotatable bonds is 13. The maximum absolute atomic E-state index is 11.4. The molecule has 0 saturated heterocycles. The van der Waals surface area contributed by atoms with Crippen molar-refractivity contribution in [1.29, 1.82) is 0 Å². The highest BCUT2D eigenvalue weighted by Gasteiger charge is 2.31. The lowest BCUT2D eigenvalue weighted by Gasteiger charge is -2.11. The summed E-state index contributed by atoms with van der Waals surface area (Å²) in [6.07, 6.45) is 11.8. The number of phosphoric ester groups is 1. The molecule has 0 heterocycles. The van der Waals surface area contributed by atoms with Gasteiger partial charge in [-0.3, -0.25) is 4.52 Å². The van der Waals surface area contributed by atoms with Gasteiger partial charge in [-0.1, -0.05) is 41.0 Å². The SMILES string of the molecule is C=CC/C(=C\COP(=O)(O)OP(=O)(O)O)CC/C=C(\C)CCC=C(C)C. The van der Waals surface area contributed by atoms with Crippen molar-refractivity contribution in [2.75, 3.05) is 6.61 Å². The van der Waals surface area contributed by atoms with Gasteiger partial charge in [0, 0.05) is 0 Å². The molecule has 0 aromatic carbocycles. The molecule has 1 atom stereocenters. The summed E-state index contributed by atoms with van der Waals surface area (Å²) < 4.78 is 30.2. The van der Waals surface area contributed by atoms with Crippen molar-refractivity contribution >= 4 is 15.6 Å². The predicted molar refractivity (Wildman–Crippen MR) is 103 cm³/mol. The Morgan fingerprint density at radius 2 is 1.62 bits per heavy atom. The van der Waals surface area contributed by atoms with Crippen molar-refractivity contribution in [2.24, 2.45) is 0 Å². The molecule has 3 N–H and O–H groups in total. The Hall–Kier alpha value is -0.780. The zero-order chi connectivity index (χ0) is 20.2. The van der Waals surface area contributed by atoms with Gasteiger partial charge in [-0.25, -0.2) is 9.13 Å². The van der Waals surface area contributed by atoms with Gasteiger partial charge in [0.25, 0.3) is 0 Å². The summed E-state index contributed by atoms with van der Waals surface area (Å²) in [6.45, 7) is 9.61. The number of hydrogen-bond donors (Lipinski definition) is 3. The van der Waals surface area contributed by atoms with E-state index < -0.39 is 15.6 Å². The Morgan fingerprint density at radius 3 is 2.15 bits per heavy atom. The van der Waals surface area contributed by atoms with E-state index in [4.69, 9.17) is 9.79 Å². The lowest BCUT2D eigenvalue weighted by Crippen LogP contribution is -1.95. The van der Waals surface area contributed by atoms with Gasteiger partial charge < -0.3 is 14.7 Å². The summed E-state index contributed by atoms with van der Waals surface area (Å²) in [6, 6.07) is 0. The van der Waals surface area contributed by atoms with E-state index in [1.165, 1.54) is 11.1 Å². The smallest absolute Gasteiger partial charge is 0.302 e. The highest BCUT2D eigenvalue weighted by Crippen LogP contribution is 2.57. The summed E-state index contributed by atoms with van der Waals surface area (Å²) in [5, 5.41) is 0. The van der Waals surface area contributed by atoms with Crippen molar-refractivity contribution in [2.45, 2.75) is 52.9 Å². The molecule has 1 unspecified atom stereocenters. The third-order valence-corrected chi connectivity index (χ3v) is 5.43. The van der Waals surface area contributed by atoms with Gasteiger partial charge in [-0.15, -0.1) is 6.58 Å². The molecule has 0 fully saturated rings. The average molecular weight is 408 g/mol. The van der Waals surface area contributed by atoms with Crippen molar-refractivity contribution < 1.29 is 32.6 Å². The molecule has 0 rings (SSSR count). The van der Waals surface area contributed by atoms with Gasteiger partial charge in [0.2, 0.25) is 0 Å². The van der Waals surface area contributed by atoms with E-state index in [1.54, 1.807) is 12.2 Å². The molecule has 9 heteroatoms. The maximum Gasteiger partial charge on any atom is 0.481 e. The maximum atomic E-state index is 11.4. The van der Waals surface area contributed by atoms with Crippen LogP contribution in [0, 0.1) is 0 Å². The first-order valence-electron chi connectivity index (χ1n) is 8.27. The second kappa shape index (κ2) is 12.6. The van der Waals surface area contributed by atoms with Crippen LogP contribution in [0.5, 0.6) is 0 Å². The second-order valence-corrected chi connectivity index (χ2v) is 8.93. The third kappa shape index (κ3) is 15.5. The van der Waals surface area contributed by atoms with E-state index in [-0.39, 0.29) is 6.61 Å².